The van der Waals surface area contributed by atoms with E-state index in [4.69, 9.17) is 23.2 Å². The summed E-state index contributed by atoms with van der Waals surface area (Å²) in [6.07, 6.45) is 0. The first-order valence-electron chi connectivity index (χ1n) is 7.16. The summed E-state index contributed by atoms with van der Waals surface area (Å²) in [6, 6.07) is 16.8. The Morgan fingerprint density at radius 1 is 1.00 bits per heavy atom. The van der Waals surface area contributed by atoms with Crippen molar-refractivity contribution >= 4 is 28.9 Å². The highest BCUT2D eigenvalue weighted by Gasteiger charge is 2.29. The number of piperazine rings is 1. The van der Waals surface area contributed by atoms with Crippen LogP contribution in [0.2, 0.25) is 10.0 Å². The smallest absolute Gasteiger partial charge is 0.0751 e. The average Bonchev–Trinajstić information content (AvgIpc) is 2.48. The van der Waals surface area contributed by atoms with Gasteiger partial charge in [-0.3, -0.25) is 0 Å². The molecule has 1 aliphatic rings. The fourth-order valence-corrected chi connectivity index (χ4v) is 3.51. The summed E-state index contributed by atoms with van der Waals surface area (Å²) in [4.78, 5) is 2.32. The van der Waals surface area contributed by atoms with Crippen LogP contribution in [0, 0.1) is 0 Å². The van der Waals surface area contributed by atoms with Gasteiger partial charge in [0.2, 0.25) is 0 Å². The standard InChI is InChI=1S/C17H18Cl2N2/c1-12-11-21(17-14(18)8-5-9-15(17)19)16(10-20-12)13-6-3-2-4-7-13/h2-9,12,16,20H,10-11H2,1H3. The van der Waals surface area contributed by atoms with E-state index >= 15 is 0 Å². The Labute approximate surface area is 135 Å². The van der Waals surface area contributed by atoms with Gasteiger partial charge in [-0.15, -0.1) is 0 Å². The zero-order chi connectivity index (χ0) is 14.8. The summed E-state index contributed by atoms with van der Waals surface area (Å²) < 4.78 is 0. The van der Waals surface area contributed by atoms with Crippen molar-refractivity contribution in [2.45, 2.75) is 19.0 Å². The summed E-state index contributed by atoms with van der Waals surface area (Å²) in [5, 5.41) is 4.95. The van der Waals surface area contributed by atoms with Crippen molar-refractivity contribution in [3.8, 4) is 0 Å². The highest BCUT2D eigenvalue weighted by atomic mass is 35.5. The number of benzene rings is 2. The molecule has 0 radical (unpaired) electrons. The van der Waals surface area contributed by atoms with Gasteiger partial charge < -0.3 is 10.2 Å². The number of hydrogen-bond acceptors (Lipinski definition) is 2. The van der Waals surface area contributed by atoms with E-state index in [-0.39, 0.29) is 6.04 Å². The Hall–Kier alpha value is -1.22. The first kappa shape index (κ1) is 14.7. The SMILES string of the molecule is CC1CN(c2c(Cl)cccc2Cl)C(c2ccccc2)CN1. The van der Waals surface area contributed by atoms with E-state index in [0.29, 0.717) is 16.1 Å². The van der Waals surface area contributed by atoms with Gasteiger partial charge in [-0.25, -0.2) is 0 Å². The molecule has 2 aromatic carbocycles. The van der Waals surface area contributed by atoms with E-state index in [9.17, 15) is 0 Å². The van der Waals surface area contributed by atoms with Crippen molar-refractivity contribution in [2.75, 3.05) is 18.0 Å². The van der Waals surface area contributed by atoms with Gasteiger partial charge >= 0.3 is 0 Å². The van der Waals surface area contributed by atoms with Crippen LogP contribution in [0.4, 0.5) is 5.69 Å². The molecule has 1 fully saturated rings. The lowest BCUT2D eigenvalue weighted by molar-refractivity contribution is 0.416. The molecule has 1 N–H and O–H groups in total. The Morgan fingerprint density at radius 2 is 1.67 bits per heavy atom. The number of anilines is 1. The number of rotatable bonds is 2. The maximum atomic E-state index is 6.42. The van der Waals surface area contributed by atoms with Gasteiger partial charge in [0.05, 0.1) is 21.8 Å². The monoisotopic (exact) mass is 320 g/mol. The van der Waals surface area contributed by atoms with Crippen molar-refractivity contribution in [1.82, 2.24) is 5.32 Å². The van der Waals surface area contributed by atoms with Crippen molar-refractivity contribution in [3.05, 3.63) is 64.1 Å². The second-order valence-corrected chi connectivity index (χ2v) is 6.27. The maximum absolute atomic E-state index is 6.42. The van der Waals surface area contributed by atoms with Crippen LogP contribution in [0.3, 0.4) is 0 Å². The van der Waals surface area contributed by atoms with E-state index < -0.39 is 0 Å². The fraction of sp³-hybridized carbons (Fsp3) is 0.294. The van der Waals surface area contributed by atoms with Crippen LogP contribution in [0.1, 0.15) is 18.5 Å². The summed E-state index contributed by atoms with van der Waals surface area (Å²) in [5.41, 5.74) is 2.20. The molecule has 0 amide bonds. The van der Waals surface area contributed by atoms with Gasteiger partial charge in [-0.05, 0) is 24.6 Å². The van der Waals surface area contributed by atoms with E-state index in [1.54, 1.807) is 0 Å². The molecule has 0 saturated carbocycles. The van der Waals surface area contributed by atoms with Crippen LogP contribution < -0.4 is 10.2 Å². The van der Waals surface area contributed by atoms with Gasteiger partial charge in [0, 0.05) is 19.1 Å². The quantitative estimate of drug-likeness (QED) is 0.874. The Morgan fingerprint density at radius 3 is 2.33 bits per heavy atom. The lowest BCUT2D eigenvalue weighted by Crippen LogP contribution is -2.51. The topological polar surface area (TPSA) is 15.3 Å². The van der Waals surface area contributed by atoms with Gasteiger partial charge in [0.25, 0.3) is 0 Å². The fourth-order valence-electron chi connectivity index (χ4n) is 2.89. The molecule has 0 aliphatic carbocycles. The van der Waals surface area contributed by atoms with E-state index in [0.717, 1.165) is 18.8 Å². The first-order valence-corrected chi connectivity index (χ1v) is 7.91. The van der Waals surface area contributed by atoms with Crippen LogP contribution in [0.15, 0.2) is 48.5 Å². The first-order chi connectivity index (χ1) is 10.2. The lowest BCUT2D eigenvalue weighted by Gasteiger charge is -2.42. The second-order valence-electron chi connectivity index (χ2n) is 5.46. The molecule has 0 spiro atoms. The molecule has 0 bridgehead atoms. The molecule has 2 aromatic rings. The predicted molar refractivity (Wildman–Crippen MR) is 90.5 cm³/mol. The average molecular weight is 321 g/mol. The summed E-state index contributed by atoms with van der Waals surface area (Å²) in [7, 11) is 0. The summed E-state index contributed by atoms with van der Waals surface area (Å²) >= 11 is 12.8. The zero-order valence-electron chi connectivity index (χ0n) is 11.9. The van der Waals surface area contributed by atoms with Gasteiger partial charge in [0.15, 0.2) is 0 Å². The van der Waals surface area contributed by atoms with Gasteiger partial charge in [0.1, 0.15) is 0 Å². The molecule has 1 heterocycles. The minimum atomic E-state index is 0.236. The van der Waals surface area contributed by atoms with E-state index in [1.165, 1.54) is 5.56 Å². The molecule has 1 saturated heterocycles. The highest BCUT2D eigenvalue weighted by Crippen LogP contribution is 2.39. The lowest BCUT2D eigenvalue weighted by atomic mass is 10.0. The Kier molecular flexibility index (Phi) is 4.39. The molecule has 2 unspecified atom stereocenters. The van der Waals surface area contributed by atoms with E-state index in [1.807, 2.05) is 24.3 Å². The molecule has 110 valence electrons. The summed E-state index contributed by atoms with van der Waals surface area (Å²) in [5.74, 6) is 0. The van der Waals surface area contributed by atoms with Crippen LogP contribution in [0.25, 0.3) is 0 Å². The van der Waals surface area contributed by atoms with Gasteiger partial charge in [-0.2, -0.15) is 0 Å². The number of hydrogen-bond donors (Lipinski definition) is 1. The molecular formula is C17H18Cl2N2. The third-order valence-corrected chi connectivity index (χ3v) is 4.53. The minimum Gasteiger partial charge on any atom is -0.359 e. The molecule has 3 rings (SSSR count). The second kappa shape index (κ2) is 6.27. The minimum absolute atomic E-state index is 0.236. The van der Waals surface area contributed by atoms with Crippen LogP contribution >= 0.6 is 23.2 Å². The normalized spacial score (nSPS) is 22.3. The van der Waals surface area contributed by atoms with Gasteiger partial charge in [-0.1, -0.05) is 59.6 Å². The zero-order valence-corrected chi connectivity index (χ0v) is 13.4. The maximum Gasteiger partial charge on any atom is 0.0751 e. The molecule has 1 aliphatic heterocycles. The van der Waals surface area contributed by atoms with Crippen LogP contribution in [-0.2, 0) is 0 Å². The third kappa shape index (κ3) is 3.03. The van der Waals surface area contributed by atoms with E-state index in [2.05, 4.69) is 41.4 Å². The molecular weight excluding hydrogens is 303 g/mol. The molecule has 21 heavy (non-hydrogen) atoms. The van der Waals surface area contributed by atoms with Crippen molar-refractivity contribution in [3.63, 3.8) is 0 Å². The molecule has 4 heteroatoms. The van der Waals surface area contributed by atoms with Crippen molar-refractivity contribution < 1.29 is 0 Å². The third-order valence-electron chi connectivity index (χ3n) is 3.92. The number of nitrogens with one attached hydrogen (secondary N) is 1. The number of para-hydroxylation sites is 1. The largest absolute Gasteiger partial charge is 0.359 e. The number of halogens is 2. The Balaban J connectivity index is 2.03. The molecule has 0 aromatic heterocycles. The highest BCUT2D eigenvalue weighted by molar-refractivity contribution is 6.39. The Bertz CT molecular complexity index is 595. The number of nitrogens with zero attached hydrogens (tertiary/aromatic N) is 1. The predicted octanol–water partition coefficient (Wildman–Crippen LogP) is 4.53. The molecule has 2 atom stereocenters. The molecule has 2 nitrogen and oxygen atoms in total. The van der Waals surface area contributed by atoms with Crippen LogP contribution in [0.5, 0.6) is 0 Å². The van der Waals surface area contributed by atoms with Crippen molar-refractivity contribution in [1.29, 1.82) is 0 Å². The van der Waals surface area contributed by atoms with Crippen LogP contribution in [-0.4, -0.2) is 19.1 Å². The van der Waals surface area contributed by atoms with Crippen molar-refractivity contribution in [2.24, 2.45) is 0 Å². The summed E-state index contributed by atoms with van der Waals surface area (Å²) in [6.45, 7) is 3.94.